The minimum Gasteiger partial charge on any atom is -0.497 e. The van der Waals surface area contributed by atoms with Crippen molar-refractivity contribution in [3.05, 3.63) is 35.7 Å². The molecule has 0 amide bonds. The number of methoxy groups -OCH3 is 3. The van der Waals surface area contributed by atoms with Crippen LogP contribution in [0.5, 0.6) is 17.2 Å². The van der Waals surface area contributed by atoms with Crippen LogP contribution in [-0.2, 0) is 7.05 Å². The van der Waals surface area contributed by atoms with Gasteiger partial charge in [-0.2, -0.15) is 5.10 Å². The van der Waals surface area contributed by atoms with E-state index in [1.165, 1.54) is 25.1 Å². The molecule has 0 radical (unpaired) electrons. The molecule has 0 bridgehead atoms. The average molecular weight is 276 g/mol. The molecule has 6 heteroatoms. The minimum absolute atomic E-state index is 0.221. The van der Waals surface area contributed by atoms with Crippen LogP contribution < -0.4 is 14.2 Å². The molecule has 0 fully saturated rings. The SMILES string of the molecule is COc1ccc(C(=O)c2c(OC)cnn2C)c(OC)c1. The number of benzene rings is 1. The monoisotopic (exact) mass is 276 g/mol. The van der Waals surface area contributed by atoms with Crippen LogP contribution in [0.15, 0.2) is 24.4 Å². The maximum atomic E-state index is 12.6. The van der Waals surface area contributed by atoms with E-state index >= 15 is 0 Å². The van der Waals surface area contributed by atoms with E-state index in [0.29, 0.717) is 28.5 Å². The highest BCUT2D eigenvalue weighted by Gasteiger charge is 2.22. The lowest BCUT2D eigenvalue weighted by Crippen LogP contribution is -2.11. The summed E-state index contributed by atoms with van der Waals surface area (Å²) in [5.41, 5.74) is 0.797. The third-order valence-corrected chi connectivity index (χ3v) is 2.99. The molecule has 1 heterocycles. The van der Waals surface area contributed by atoms with Gasteiger partial charge in [0, 0.05) is 13.1 Å². The van der Waals surface area contributed by atoms with Gasteiger partial charge < -0.3 is 14.2 Å². The third kappa shape index (κ3) is 2.32. The van der Waals surface area contributed by atoms with Gasteiger partial charge in [0.05, 0.1) is 33.1 Å². The minimum atomic E-state index is -0.221. The lowest BCUT2D eigenvalue weighted by Gasteiger charge is -2.10. The molecule has 0 aliphatic carbocycles. The molecule has 1 aromatic heterocycles. The van der Waals surface area contributed by atoms with Gasteiger partial charge in [0.25, 0.3) is 0 Å². The number of carbonyl (C=O) groups is 1. The molecule has 0 N–H and O–H groups in total. The predicted octanol–water partition coefficient (Wildman–Crippen LogP) is 1.68. The number of nitrogens with zero attached hydrogens (tertiary/aromatic N) is 2. The number of hydrogen-bond donors (Lipinski definition) is 0. The van der Waals surface area contributed by atoms with Crippen LogP contribution in [0, 0.1) is 0 Å². The van der Waals surface area contributed by atoms with Crippen LogP contribution in [0.25, 0.3) is 0 Å². The zero-order valence-electron chi connectivity index (χ0n) is 11.8. The number of aromatic nitrogens is 2. The van der Waals surface area contributed by atoms with E-state index in [-0.39, 0.29) is 5.78 Å². The summed E-state index contributed by atoms with van der Waals surface area (Å²) >= 11 is 0. The fourth-order valence-corrected chi connectivity index (χ4v) is 1.94. The lowest BCUT2D eigenvalue weighted by atomic mass is 10.1. The molecule has 106 valence electrons. The Balaban J connectivity index is 2.50. The zero-order chi connectivity index (χ0) is 14.7. The Bertz CT molecular complexity index is 634. The van der Waals surface area contributed by atoms with E-state index in [1.807, 2.05) is 0 Å². The summed E-state index contributed by atoms with van der Waals surface area (Å²) in [6.45, 7) is 0. The summed E-state index contributed by atoms with van der Waals surface area (Å²) in [6, 6.07) is 5.03. The summed E-state index contributed by atoms with van der Waals surface area (Å²) in [5.74, 6) is 1.27. The molecular formula is C14H16N2O4. The van der Waals surface area contributed by atoms with Crippen LogP contribution in [0.1, 0.15) is 16.1 Å². The van der Waals surface area contributed by atoms with Crippen molar-refractivity contribution < 1.29 is 19.0 Å². The molecule has 0 spiro atoms. The van der Waals surface area contributed by atoms with E-state index in [2.05, 4.69) is 5.10 Å². The van der Waals surface area contributed by atoms with Gasteiger partial charge in [-0.1, -0.05) is 0 Å². The first-order chi connectivity index (χ1) is 9.62. The van der Waals surface area contributed by atoms with Crippen molar-refractivity contribution in [3.8, 4) is 17.2 Å². The van der Waals surface area contributed by atoms with Crippen molar-refractivity contribution in [2.24, 2.45) is 7.05 Å². The van der Waals surface area contributed by atoms with Gasteiger partial charge in [-0.15, -0.1) is 0 Å². The van der Waals surface area contributed by atoms with Crippen LogP contribution in [-0.4, -0.2) is 36.9 Å². The number of aryl methyl sites for hydroxylation is 1. The summed E-state index contributed by atoms with van der Waals surface area (Å²) in [6.07, 6.45) is 1.50. The van der Waals surface area contributed by atoms with E-state index in [9.17, 15) is 4.79 Å². The fraction of sp³-hybridized carbons (Fsp3) is 0.286. The van der Waals surface area contributed by atoms with E-state index < -0.39 is 0 Å². The van der Waals surface area contributed by atoms with Crippen molar-refractivity contribution in [1.29, 1.82) is 0 Å². The smallest absolute Gasteiger partial charge is 0.218 e. The molecule has 0 aliphatic rings. The van der Waals surface area contributed by atoms with Crippen molar-refractivity contribution in [3.63, 3.8) is 0 Å². The van der Waals surface area contributed by atoms with Crippen molar-refractivity contribution in [2.45, 2.75) is 0 Å². The van der Waals surface area contributed by atoms with Gasteiger partial charge in [-0.05, 0) is 12.1 Å². The third-order valence-electron chi connectivity index (χ3n) is 2.99. The zero-order valence-corrected chi connectivity index (χ0v) is 11.8. The van der Waals surface area contributed by atoms with Crippen molar-refractivity contribution in [2.75, 3.05) is 21.3 Å². The molecular weight excluding hydrogens is 260 g/mol. The molecule has 0 aliphatic heterocycles. The van der Waals surface area contributed by atoms with Gasteiger partial charge in [0.2, 0.25) is 5.78 Å². The van der Waals surface area contributed by atoms with E-state index in [4.69, 9.17) is 14.2 Å². The summed E-state index contributed by atoms with van der Waals surface area (Å²) in [4.78, 5) is 12.6. The number of rotatable bonds is 5. The van der Waals surface area contributed by atoms with Crippen LogP contribution in [0.3, 0.4) is 0 Å². The largest absolute Gasteiger partial charge is 0.497 e. The highest BCUT2D eigenvalue weighted by molar-refractivity contribution is 6.11. The summed E-state index contributed by atoms with van der Waals surface area (Å²) in [5, 5.41) is 4.03. The van der Waals surface area contributed by atoms with Crippen LogP contribution >= 0.6 is 0 Å². The van der Waals surface area contributed by atoms with E-state index in [0.717, 1.165) is 0 Å². The van der Waals surface area contributed by atoms with Gasteiger partial charge in [-0.25, -0.2) is 0 Å². The number of carbonyl (C=O) groups excluding carboxylic acids is 1. The standard InChI is InChI=1S/C14H16N2O4/c1-16-13(12(20-4)8-15-16)14(17)10-6-5-9(18-2)7-11(10)19-3/h5-8H,1-4H3. The van der Waals surface area contributed by atoms with Crippen LogP contribution in [0.2, 0.25) is 0 Å². The maximum absolute atomic E-state index is 12.6. The van der Waals surface area contributed by atoms with Gasteiger partial charge in [-0.3, -0.25) is 9.48 Å². The first-order valence-corrected chi connectivity index (χ1v) is 5.95. The Kier molecular flexibility index (Phi) is 3.93. The Morgan fingerprint density at radius 1 is 1.10 bits per heavy atom. The van der Waals surface area contributed by atoms with Crippen LogP contribution in [0.4, 0.5) is 0 Å². The lowest BCUT2D eigenvalue weighted by molar-refractivity contribution is 0.102. The van der Waals surface area contributed by atoms with Gasteiger partial charge in [0.1, 0.15) is 11.5 Å². The summed E-state index contributed by atoms with van der Waals surface area (Å²) < 4.78 is 17.0. The maximum Gasteiger partial charge on any atom is 0.218 e. The fourth-order valence-electron chi connectivity index (χ4n) is 1.94. The van der Waals surface area contributed by atoms with Gasteiger partial charge >= 0.3 is 0 Å². The molecule has 6 nitrogen and oxygen atoms in total. The Morgan fingerprint density at radius 3 is 2.40 bits per heavy atom. The Morgan fingerprint density at radius 2 is 1.80 bits per heavy atom. The highest BCUT2D eigenvalue weighted by Crippen LogP contribution is 2.29. The second-order valence-electron chi connectivity index (χ2n) is 4.08. The van der Waals surface area contributed by atoms with Gasteiger partial charge in [0.15, 0.2) is 11.4 Å². The Hall–Kier alpha value is -2.50. The van der Waals surface area contributed by atoms with E-state index in [1.54, 1.807) is 32.4 Å². The predicted molar refractivity (Wildman–Crippen MR) is 72.7 cm³/mol. The Labute approximate surface area is 116 Å². The first-order valence-electron chi connectivity index (χ1n) is 5.95. The van der Waals surface area contributed by atoms with Crippen molar-refractivity contribution in [1.82, 2.24) is 9.78 Å². The molecule has 0 saturated heterocycles. The topological polar surface area (TPSA) is 62.6 Å². The molecule has 2 aromatic rings. The summed E-state index contributed by atoms with van der Waals surface area (Å²) in [7, 11) is 6.25. The number of hydrogen-bond acceptors (Lipinski definition) is 5. The normalized spacial score (nSPS) is 10.2. The molecule has 0 unspecified atom stereocenters. The second kappa shape index (κ2) is 5.64. The highest BCUT2D eigenvalue weighted by atomic mass is 16.5. The number of ketones is 1. The molecule has 1 aromatic carbocycles. The second-order valence-corrected chi connectivity index (χ2v) is 4.08. The molecule has 0 atom stereocenters. The average Bonchev–Trinajstić information content (AvgIpc) is 2.86. The van der Waals surface area contributed by atoms with Crippen molar-refractivity contribution >= 4 is 5.78 Å². The molecule has 20 heavy (non-hydrogen) atoms. The number of ether oxygens (including phenoxy) is 3. The molecule has 2 rings (SSSR count). The molecule has 0 saturated carbocycles. The quantitative estimate of drug-likeness (QED) is 0.777. The first kappa shape index (κ1) is 13.9.